The molecule has 2 aromatic rings. The van der Waals surface area contributed by atoms with Crippen LogP contribution in [0.15, 0.2) is 48.7 Å². The maximum absolute atomic E-state index is 13.0. The van der Waals surface area contributed by atoms with Crippen molar-refractivity contribution < 1.29 is 9.18 Å². The van der Waals surface area contributed by atoms with E-state index < -0.39 is 0 Å². The number of carbonyl (C=O) groups excluding carboxylic acids is 1. The van der Waals surface area contributed by atoms with E-state index in [1.165, 1.54) is 12.1 Å². The number of nitrogens with zero attached hydrogens (tertiary/aromatic N) is 3. The second-order valence-electron chi connectivity index (χ2n) is 6.27. The molecule has 126 valence electrons. The van der Waals surface area contributed by atoms with Crippen molar-refractivity contribution in [3.05, 3.63) is 65.7 Å². The van der Waals surface area contributed by atoms with Crippen molar-refractivity contribution in [1.29, 1.82) is 0 Å². The van der Waals surface area contributed by atoms with Crippen LogP contribution in [0.3, 0.4) is 0 Å². The highest BCUT2D eigenvalue weighted by Gasteiger charge is 2.32. The summed E-state index contributed by atoms with van der Waals surface area (Å²) in [6.07, 6.45) is 3.62. The summed E-state index contributed by atoms with van der Waals surface area (Å²) in [5.41, 5.74) is 1.92. The number of hydrogen-bond acceptors (Lipinski definition) is 3. The predicted octanol–water partition coefficient (Wildman–Crippen LogP) is 2.84. The molecule has 24 heavy (non-hydrogen) atoms. The van der Waals surface area contributed by atoms with Crippen molar-refractivity contribution in [2.45, 2.75) is 32.0 Å². The van der Waals surface area contributed by atoms with E-state index in [0.717, 1.165) is 30.6 Å². The third-order valence-corrected chi connectivity index (χ3v) is 4.45. The number of carbonyl (C=O) groups is 1. The van der Waals surface area contributed by atoms with Crippen LogP contribution in [0.5, 0.6) is 0 Å². The zero-order chi connectivity index (χ0) is 16.9. The summed E-state index contributed by atoms with van der Waals surface area (Å²) >= 11 is 0. The largest absolute Gasteiger partial charge is 0.338 e. The maximum atomic E-state index is 13.0. The smallest absolute Gasteiger partial charge is 0.240 e. The number of pyridine rings is 1. The molecule has 0 bridgehead atoms. The minimum atomic E-state index is -0.233. The van der Waals surface area contributed by atoms with Crippen LogP contribution >= 0.6 is 0 Å². The molecule has 1 saturated heterocycles. The van der Waals surface area contributed by atoms with E-state index in [0.29, 0.717) is 13.1 Å². The minimum absolute atomic E-state index is 0.108. The fourth-order valence-electron chi connectivity index (χ4n) is 3.19. The van der Waals surface area contributed by atoms with Crippen LogP contribution in [-0.4, -0.2) is 40.3 Å². The molecule has 0 saturated carbocycles. The van der Waals surface area contributed by atoms with Gasteiger partial charge in [-0.25, -0.2) is 4.39 Å². The van der Waals surface area contributed by atoms with Crippen molar-refractivity contribution in [1.82, 2.24) is 14.8 Å². The lowest BCUT2D eigenvalue weighted by Gasteiger charge is -2.28. The molecule has 4 nitrogen and oxygen atoms in total. The highest BCUT2D eigenvalue weighted by atomic mass is 19.1. The Morgan fingerprint density at radius 3 is 2.79 bits per heavy atom. The first-order valence-electron chi connectivity index (χ1n) is 8.27. The molecule has 1 fully saturated rings. The molecule has 2 heterocycles. The summed E-state index contributed by atoms with van der Waals surface area (Å²) in [7, 11) is 1.82. The Bertz CT molecular complexity index is 675. The quantitative estimate of drug-likeness (QED) is 0.847. The molecule has 0 unspecified atom stereocenters. The fourth-order valence-corrected chi connectivity index (χ4v) is 3.19. The topological polar surface area (TPSA) is 36.4 Å². The van der Waals surface area contributed by atoms with Gasteiger partial charge in [0.1, 0.15) is 5.82 Å². The Balaban J connectivity index is 1.63. The molecular weight excluding hydrogens is 305 g/mol. The van der Waals surface area contributed by atoms with Gasteiger partial charge >= 0.3 is 0 Å². The highest BCUT2D eigenvalue weighted by molar-refractivity contribution is 5.81. The first-order valence-corrected chi connectivity index (χ1v) is 8.27. The summed E-state index contributed by atoms with van der Waals surface area (Å²) in [6, 6.07) is 12.1. The molecule has 1 atom stereocenters. The third kappa shape index (κ3) is 3.97. The van der Waals surface area contributed by atoms with Crippen molar-refractivity contribution >= 4 is 5.91 Å². The third-order valence-electron chi connectivity index (χ3n) is 4.45. The Morgan fingerprint density at radius 1 is 1.29 bits per heavy atom. The number of likely N-dealkylation sites (tertiary alicyclic amines) is 1. The van der Waals surface area contributed by atoms with Gasteiger partial charge in [-0.3, -0.25) is 14.7 Å². The zero-order valence-electron chi connectivity index (χ0n) is 13.9. The molecule has 0 radical (unpaired) electrons. The van der Waals surface area contributed by atoms with Crippen LogP contribution < -0.4 is 0 Å². The van der Waals surface area contributed by atoms with Crippen LogP contribution in [0.2, 0.25) is 0 Å². The molecule has 1 aromatic heterocycles. The summed E-state index contributed by atoms with van der Waals surface area (Å²) in [5.74, 6) is -0.108. The second kappa shape index (κ2) is 7.53. The lowest BCUT2D eigenvalue weighted by Crippen LogP contribution is -2.43. The molecular formula is C19H22FN3O. The van der Waals surface area contributed by atoms with Gasteiger partial charge in [0.15, 0.2) is 0 Å². The number of amides is 1. The normalized spacial score (nSPS) is 17.8. The maximum Gasteiger partial charge on any atom is 0.240 e. The first kappa shape index (κ1) is 16.6. The van der Waals surface area contributed by atoms with Gasteiger partial charge in [-0.05, 0) is 49.2 Å². The van der Waals surface area contributed by atoms with Gasteiger partial charge in [0.2, 0.25) is 5.91 Å². The Morgan fingerprint density at radius 2 is 2.08 bits per heavy atom. The van der Waals surface area contributed by atoms with Crippen LogP contribution in [0.4, 0.5) is 4.39 Å². The molecule has 1 amide bonds. The van der Waals surface area contributed by atoms with E-state index in [2.05, 4.69) is 9.88 Å². The number of aromatic nitrogens is 1. The SMILES string of the molecule is CN(Cc1ccccn1)C(=O)[C@H]1CCCN1Cc1ccc(F)cc1. The van der Waals surface area contributed by atoms with Gasteiger partial charge < -0.3 is 4.90 Å². The average molecular weight is 327 g/mol. The number of likely N-dealkylation sites (N-methyl/N-ethyl adjacent to an activating group) is 1. The van der Waals surface area contributed by atoms with Gasteiger partial charge in [-0.15, -0.1) is 0 Å². The van der Waals surface area contributed by atoms with E-state index >= 15 is 0 Å². The summed E-state index contributed by atoms with van der Waals surface area (Å²) in [4.78, 5) is 21.0. The number of benzene rings is 1. The standard InChI is InChI=1S/C19H22FN3O/c1-22(14-17-5-2-3-11-21-17)19(24)18-6-4-12-23(18)13-15-7-9-16(20)10-8-15/h2-3,5,7-11,18H,4,6,12-14H2,1H3/t18-/m1/s1. The average Bonchev–Trinajstić information content (AvgIpc) is 3.05. The molecule has 0 N–H and O–H groups in total. The summed E-state index contributed by atoms with van der Waals surface area (Å²) in [5, 5.41) is 0. The van der Waals surface area contributed by atoms with Gasteiger partial charge in [0, 0.05) is 19.8 Å². The molecule has 1 aromatic carbocycles. The number of rotatable bonds is 5. The van der Waals surface area contributed by atoms with Crippen LogP contribution in [0.1, 0.15) is 24.1 Å². The van der Waals surface area contributed by atoms with Crippen LogP contribution in [0.25, 0.3) is 0 Å². The monoisotopic (exact) mass is 327 g/mol. The summed E-state index contributed by atoms with van der Waals surface area (Å²) in [6.45, 7) is 2.08. The van der Waals surface area contributed by atoms with Gasteiger partial charge in [0.25, 0.3) is 0 Å². The first-order chi connectivity index (χ1) is 11.6. The second-order valence-corrected chi connectivity index (χ2v) is 6.27. The molecule has 5 heteroatoms. The van der Waals surface area contributed by atoms with E-state index in [1.54, 1.807) is 23.2 Å². The fraction of sp³-hybridized carbons (Fsp3) is 0.368. The number of halogens is 1. The lowest BCUT2D eigenvalue weighted by molar-refractivity contribution is -0.135. The van der Waals surface area contributed by atoms with E-state index in [1.807, 2.05) is 25.2 Å². The van der Waals surface area contributed by atoms with Crippen molar-refractivity contribution in [2.24, 2.45) is 0 Å². The van der Waals surface area contributed by atoms with Crippen LogP contribution in [0, 0.1) is 5.82 Å². The molecule has 0 aliphatic carbocycles. The molecule has 0 spiro atoms. The minimum Gasteiger partial charge on any atom is -0.338 e. The van der Waals surface area contributed by atoms with Gasteiger partial charge in [0.05, 0.1) is 18.3 Å². The van der Waals surface area contributed by atoms with Gasteiger partial charge in [-0.2, -0.15) is 0 Å². The Kier molecular flexibility index (Phi) is 5.20. The summed E-state index contributed by atoms with van der Waals surface area (Å²) < 4.78 is 13.0. The van der Waals surface area contributed by atoms with Crippen LogP contribution in [-0.2, 0) is 17.9 Å². The van der Waals surface area contributed by atoms with E-state index in [4.69, 9.17) is 0 Å². The molecule has 3 rings (SSSR count). The van der Waals surface area contributed by atoms with E-state index in [9.17, 15) is 9.18 Å². The van der Waals surface area contributed by atoms with E-state index in [-0.39, 0.29) is 17.8 Å². The van der Waals surface area contributed by atoms with Gasteiger partial charge in [-0.1, -0.05) is 18.2 Å². The Labute approximate surface area is 141 Å². The Hall–Kier alpha value is -2.27. The zero-order valence-corrected chi connectivity index (χ0v) is 13.9. The highest BCUT2D eigenvalue weighted by Crippen LogP contribution is 2.22. The van der Waals surface area contributed by atoms with Crippen molar-refractivity contribution in [3.8, 4) is 0 Å². The molecule has 1 aliphatic heterocycles. The predicted molar refractivity (Wildman–Crippen MR) is 90.5 cm³/mol. The van der Waals surface area contributed by atoms with Crippen molar-refractivity contribution in [3.63, 3.8) is 0 Å². The van der Waals surface area contributed by atoms with Crippen molar-refractivity contribution in [2.75, 3.05) is 13.6 Å². The number of hydrogen-bond donors (Lipinski definition) is 0. The molecule has 1 aliphatic rings. The lowest BCUT2D eigenvalue weighted by atomic mass is 10.1.